The molecule has 0 spiro atoms. The van der Waals surface area contributed by atoms with Crippen LogP contribution in [0.5, 0.6) is 0 Å². The molecule has 0 aliphatic rings. The average Bonchev–Trinajstić information content (AvgIpc) is 2.87. The fourth-order valence-electron chi connectivity index (χ4n) is 2.04. The zero-order valence-corrected chi connectivity index (χ0v) is 11.9. The number of oxazole rings is 1. The van der Waals surface area contributed by atoms with Gasteiger partial charge in [-0.1, -0.05) is 12.1 Å². The largest absolute Gasteiger partial charge is 0.437 e. The molecular formula is C17H15FN2O. The van der Waals surface area contributed by atoms with Gasteiger partial charge in [-0.25, -0.2) is 9.37 Å². The van der Waals surface area contributed by atoms with Gasteiger partial charge in [-0.3, -0.25) is 0 Å². The van der Waals surface area contributed by atoms with E-state index in [2.05, 4.69) is 4.98 Å². The fourth-order valence-corrected chi connectivity index (χ4v) is 2.04. The van der Waals surface area contributed by atoms with Crippen molar-refractivity contribution in [1.82, 2.24) is 4.98 Å². The zero-order valence-electron chi connectivity index (χ0n) is 11.9. The molecule has 0 bridgehead atoms. The minimum atomic E-state index is -0.314. The first-order chi connectivity index (χ1) is 10.1. The number of hydrogen-bond acceptors (Lipinski definition) is 3. The summed E-state index contributed by atoms with van der Waals surface area (Å²) in [5.74, 6) is 0.151. The first kappa shape index (κ1) is 13.4. The molecule has 0 unspecified atom stereocenters. The maximum Gasteiger partial charge on any atom is 0.220 e. The molecule has 1 aromatic heterocycles. The Morgan fingerprint density at radius 1 is 1.05 bits per heavy atom. The fraction of sp³-hybridized carbons (Fsp3) is 0.118. The molecule has 106 valence electrons. The van der Waals surface area contributed by atoms with E-state index in [9.17, 15) is 4.39 Å². The molecule has 0 saturated heterocycles. The Bertz CT molecular complexity index is 788. The topological polar surface area (TPSA) is 29.3 Å². The van der Waals surface area contributed by atoms with Crippen LogP contribution in [0.15, 0.2) is 46.9 Å². The predicted octanol–water partition coefficient (Wildman–Crippen LogP) is 4.20. The van der Waals surface area contributed by atoms with Crippen LogP contribution in [0.25, 0.3) is 23.3 Å². The lowest BCUT2D eigenvalue weighted by Crippen LogP contribution is -2.07. The number of rotatable bonds is 3. The summed E-state index contributed by atoms with van der Waals surface area (Å²) in [6, 6.07) is 12.4. The SMILES string of the molecule is CN(C)c1ccc(C=Cc2nc3cc(F)ccc3o2)cc1. The summed E-state index contributed by atoms with van der Waals surface area (Å²) in [4.78, 5) is 6.28. The van der Waals surface area contributed by atoms with E-state index in [0.717, 1.165) is 11.3 Å². The minimum absolute atomic E-state index is 0.314. The second kappa shape index (κ2) is 5.40. The van der Waals surface area contributed by atoms with Crippen LogP contribution in [0, 0.1) is 5.82 Å². The Kier molecular flexibility index (Phi) is 3.44. The Morgan fingerprint density at radius 3 is 2.52 bits per heavy atom. The van der Waals surface area contributed by atoms with Gasteiger partial charge in [0.2, 0.25) is 5.89 Å². The number of benzene rings is 2. The molecule has 0 saturated carbocycles. The van der Waals surface area contributed by atoms with Gasteiger partial charge in [0, 0.05) is 31.9 Å². The van der Waals surface area contributed by atoms with Crippen LogP contribution in [-0.2, 0) is 0 Å². The highest BCUT2D eigenvalue weighted by Crippen LogP contribution is 2.19. The summed E-state index contributed by atoms with van der Waals surface area (Å²) in [7, 11) is 4.00. The molecule has 3 rings (SSSR count). The van der Waals surface area contributed by atoms with Gasteiger partial charge in [-0.15, -0.1) is 0 Å². The van der Waals surface area contributed by atoms with E-state index in [0.29, 0.717) is 17.0 Å². The maximum absolute atomic E-state index is 13.1. The molecule has 3 nitrogen and oxygen atoms in total. The number of fused-ring (bicyclic) bond motifs is 1. The second-order valence-corrected chi connectivity index (χ2v) is 4.98. The van der Waals surface area contributed by atoms with Crippen LogP contribution < -0.4 is 4.90 Å². The second-order valence-electron chi connectivity index (χ2n) is 4.98. The first-order valence-electron chi connectivity index (χ1n) is 6.63. The van der Waals surface area contributed by atoms with E-state index in [1.165, 1.54) is 12.1 Å². The Labute approximate surface area is 122 Å². The molecular weight excluding hydrogens is 267 g/mol. The van der Waals surface area contributed by atoms with Crippen molar-refractivity contribution < 1.29 is 8.81 Å². The van der Waals surface area contributed by atoms with Gasteiger partial charge in [0.25, 0.3) is 0 Å². The molecule has 3 aromatic rings. The molecule has 0 radical (unpaired) electrons. The van der Waals surface area contributed by atoms with Gasteiger partial charge >= 0.3 is 0 Å². The number of aromatic nitrogens is 1. The number of hydrogen-bond donors (Lipinski definition) is 0. The Balaban J connectivity index is 1.83. The van der Waals surface area contributed by atoms with E-state index < -0.39 is 0 Å². The average molecular weight is 282 g/mol. The van der Waals surface area contributed by atoms with Crippen molar-refractivity contribution in [3.8, 4) is 0 Å². The van der Waals surface area contributed by atoms with Crippen molar-refractivity contribution in [2.75, 3.05) is 19.0 Å². The summed E-state index contributed by atoms with van der Waals surface area (Å²) >= 11 is 0. The first-order valence-corrected chi connectivity index (χ1v) is 6.63. The van der Waals surface area contributed by atoms with Crippen molar-refractivity contribution >= 4 is 28.9 Å². The summed E-state index contributed by atoms with van der Waals surface area (Å²) in [6.07, 6.45) is 3.70. The van der Waals surface area contributed by atoms with Gasteiger partial charge in [-0.05, 0) is 35.9 Å². The van der Waals surface area contributed by atoms with E-state index >= 15 is 0 Å². The molecule has 4 heteroatoms. The van der Waals surface area contributed by atoms with Gasteiger partial charge in [0.05, 0.1) is 0 Å². The van der Waals surface area contributed by atoms with E-state index in [4.69, 9.17) is 4.42 Å². The van der Waals surface area contributed by atoms with Crippen molar-refractivity contribution in [1.29, 1.82) is 0 Å². The van der Waals surface area contributed by atoms with Gasteiger partial charge in [-0.2, -0.15) is 0 Å². The normalized spacial score (nSPS) is 11.4. The number of halogens is 1. The standard InChI is InChI=1S/C17H15FN2O/c1-20(2)14-7-3-12(4-8-14)5-10-17-19-15-11-13(18)6-9-16(15)21-17/h3-11H,1-2H3. The Hall–Kier alpha value is -2.62. The van der Waals surface area contributed by atoms with Gasteiger partial charge in [0.15, 0.2) is 5.58 Å². The van der Waals surface area contributed by atoms with E-state index in [1.54, 1.807) is 12.1 Å². The number of anilines is 1. The van der Waals surface area contributed by atoms with Crippen molar-refractivity contribution in [3.63, 3.8) is 0 Å². The van der Waals surface area contributed by atoms with Gasteiger partial charge < -0.3 is 9.32 Å². The Morgan fingerprint density at radius 2 is 1.81 bits per heavy atom. The van der Waals surface area contributed by atoms with Crippen LogP contribution >= 0.6 is 0 Å². The third kappa shape index (κ3) is 2.94. The molecule has 0 atom stereocenters. The molecule has 0 fully saturated rings. The lowest BCUT2D eigenvalue weighted by Gasteiger charge is -2.11. The molecule has 21 heavy (non-hydrogen) atoms. The minimum Gasteiger partial charge on any atom is -0.437 e. The van der Waals surface area contributed by atoms with Crippen molar-refractivity contribution in [2.45, 2.75) is 0 Å². The highest BCUT2D eigenvalue weighted by molar-refractivity contribution is 5.76. The van der Waals surface area contributed by atoms with Gasteiger partial charge in [0.1, 0.15) is 11.3 Å². The maximum atomic E-state index is 13.1. The highest BCUT2D eigenvalue weighted by Gasteiger charge is 2.03. The predicted molar refractivity (Wildman–Crippen MR) is 83.7 cm³/mol. The lowest BCUT2D eigenvalue weighted by atomic mass is 10.2. The molecule has 0 aliphatic carbocycles. The summed E-state index contributed by atoms with van der Waals surface area (Å²) < 4.78 is 18.6. The quantitative estimate of drug-likeness (QED) is 0.721. The van der Waals surface area contributed by atoms with Crippen molar-refractivity contribution in [3.05, 3.63) is 59.7 Å². The van der Waals surface area contributed by atoms with Crippen LogP contribution in [0.3, 0.4) is 0 Å². The molecule has 0 N–H and O–H groups in total. The molecule has 0 amide bonds. The molecule has 2 aromatic carbocycles. The lowest BCUT2D eigenvalue weighted by molar-refractivity contribution is 0.588. The van der Waals surface area contributed by atoms with Crippen molar-refractivity contribution in [2.24, 2.45) is 0 Å². The summed E-state index contributed by atoms with van der Waals surface area (Å²) in [5, 5.41) is 0. The third-order valence-electron chi connectivity index (χ3n) is 3.19. The van der Waals surface area contributed by atoms with E-state index in [-0.39, 0.29) is 5.82 Å². The van der Waals surface area contributed by atoms with Crippen LogP contribution in [-0.4, -0.2) is 19.1 Å². The monoisotopic (exact) mass is 282 g/mol. The molecule has 0 aliphatic heterocycles. The van der Waals surface area contributed by atoms with E-state index in [1.807, 2.05) is 49.3 Å². The zero-order chi connectivity index (χ0) is 14.8. The third-order valence-corrected chi connectivity index (χ3v) is 3.19. The van der Waals surface area contributed by atoms with Crippen LogP contribution in [0.2, 0.25) is 0 Å². The summed E-state index contributed by atoms with van der Waals surface area (Å²) in [6.45, 7) is 0. The number of nitrogens with zero attached hydrogens (tertiary/aromatic N) is 2. The van der Waals surface area contributed by atoms with Crippen LogP contribution in [0.4, 0.5) is 10.1 Å². The molecule has 1 heterocycles. The summed E-state index contributed by atoms with van der Waals surface area (Å²) in [5.41, 5.74) is 3.30. The van der Waals surface area contributed by atoms with Crippen LogP contribution in [0.1, 0.15) is 11.5 Å². The highest BCUT2D eigenvalue weighted by atomic mass is 19.1. The smallest absolute Gasteiger partial charge is 0.220 e.